The lowest BCUT2D eigenvalue weighted by molar-refractivity contribution is -0.120. The monoisotopic (exact) mass is 366 g/mol. The lowest BCUT2D eigenvalue weighted by atomic mass is 10.0. The molecule has 0 bridgehead atoms. The van der Waals surface area contributed by atoms with Gasteiger partial charge in [0.25, 0.3) is 5.91 Å². The summed E-state index contributed by atoms with van der Waals surface area (Å²) in [7, 11) is 0. The van der Waals surface area contributed by atoms with Crippen molar-refractivity contribution in [1.29, 1.82) is 0 Å². The summed E-state index contributed by atoms with van der Waals surface area (Å²) in [5.41, 5.74) is 2.60. The second kappa shape index (κ2) is 10.5. The minimum atomic E-state index is -0.0894. The molecule has 2 amide bonds. The summed E-state index contributed by atoms with van der Waals surface area (Å²) in [6, 6.07) is 17.4. The summed E-state index contributed by atoms with van der Waals surface area (Å²) in [6.45, 7) is 6.05. The third-order valence-electron chi connectivity index (χ3n) is 4.86. The predicted molar refractivity (Wildman–Crippen MR) is 111 cm³/mol. The van der Waals surface area contributed by atoms with Crippen LogP contribution in [0.5, 0.6) is 0 Å². The van der Waals surface area contributed by atoms with Gasteiger partial charge in [-0.2, -0.15) is 0 Å². The summed E-state index contributed by atoms with van der Waals surface area (Å²) in [4.78, 5) is 24.5. The maximum Gasteiger partial charge on any atom is 0.251 e. The Morgan fingerprint density at radius 2 is 1.56 bits per heavy atom. The number of hydrogen-bond acceptors (Lipinski definition) is 2. The maximum atomic E-state index is 12.4. The summed E-state index contributed by atoms with van der Waals surface area (Å²) < 4.78 is 0. The van der Waals surface area contributed by atoms with E-state index in [0.717, 1.165) is 31.4 Å². The Labute approximate surface area is 162 Å². The van der Waals surface area contributed by atoms with Gasteiger partial charge in [0.05, 0.1) is 0 Å². The largest absolute Gasteiger partial charge is 0.350 e. The summed E-state index contributed by atoms with van der Waals surface area (Å²) in [6.07, 6.45) is 3.47. The average molecular weight is 367 g/mol. The number of carbonyl (C=O) groups excluding carboxylic acids is 2. The molecule has 2 aromatic rings. The first-order chi connectivity index (χ1) is 13.0. The van der Waals surface area contributed by atoms with Crippen LogP contribution < -0.4 is 10.6 Å². The SMILES string of the molecule is CCC(CC)C(=O)Nc1ccc(C(=O)NC(C)CCc2ccccc2)cc1. The van der Waals surface area contributed by atoms with Gasteiger partial charge in [-0.05, 0) is 62.4 Å². The molecular formula is C23H30N2O2. The predicted octanol–water partition coefficient (Wildman–Crippen LogP) is 4.81. The van der Waals surface area contributed by atoms with Gasteiger partial charge in [-0.25, -0.2) is 0 Å². The first-order valence-electron chi connectivity index (χ1n) is 9.79. The van der Waals surface area contributed by atoms with Crippen LogP contribution in [0, 0.1) is 5.92 Å². The van der Waals surface area contributed by atoms with Crippen LogP contribution >= 0.6 is 0 Å². The fraction of sp³-hybridized carbons (Fsp3) is 0.391. The van der Waals surface area contributed by atoms with E-state index in [0.29, 0.717) is 5.56 Å². The van der Waals surface area contributed by atoms with Gasteiger partial charge in [-0.3, -0.25) is 9.59 Å². The van der Waals surface area contributed by atoms with E-state index < -0.39 is 0 Å². The molecule has 1 unspecified atom stereocenters. The Kier molecular flexibility index (Phi) is 8.05. The number of benzene rings is 2. The normalized spacial score (nSPS) is 11.9. The molecule has 4 nitrogen and oxygen atoms in total. The number of nitrogens with one attached hydrogen (secondary N) is 2. The van der Waals surface area contributed by atoms with Crippen molar-refractivity contribution in [3.8, 4) is 0 Å². The minimum Gasteiger partial charge on any atom is -0.350 e. The van der Waals surface area contributed by atoms with Crippen LogP contribution in [-0.2, 0) is 11.2 Å². The molecule has 4 heteroatoms. The minimum absolute atomic E-state index is 0.0263. The lowest BCUT2D eigenvalue weighted by Crippen LogP contribution is -2.32. The lowest BCUT2D eigenvalue weighted by Gasteiger charge is -2.15. The van der Waals surface area contributed by atoms with Crippen LogP contribution in [-0.4, -0.2) is 17.9 Å². The van der Waals surface area contributed by atoms with Crippen LogP contribution in [0.25, 0.3) is 0 Å². The Bertz CT molecular complexity index is 722. The van der Waals surface area contributed by atoms with Gasteiger partial charge in [0.2, 0.25) is 5.91 Å². The molecule has 0 spiro atoms. The zero-order valence-corrected chi connectivity index (χ0v) is 16.5. The van der Waals surface area contributed by atoms with Crippen molar-refractivity contribution in [2.24, 2.45) is 5.92 Å². The molecule has 0 aromatic heterocycles. The van der Waals surface area contributed by atoms with Crippen LogP contribution in [0.3, 0.4) is 0 Å². The van der Waals surface area contributed by atoms with Crippen molar-refractivity contribution in [3.63, 3.8) is 0 Å². The molecule has 2 rings (SSSR count). The van der Waals surface area contributed by atoms with Crippen molar-refractivity contribution in [1.82, 2.24) is 5.32 Å². The van der Waals surface area contributed by atoms with E-state index >= 15 is 0 Å². The maximum absolute atomic E-state index is 12.4. The zero-order chi connectivity index (χ0) is 19.6. The molecule has 0 fully saturated rings. The fourth-order valence-corrected chi connectivity index (χ4v) is 3.02. The Morgan fingerprint density at radius 1 is 0.926 bits per heavy atom. The zero-order valence-electron chi connectivity index (χ0n) is 16.5. The number of aryl methyl sites for hydroxylation is 1. The highest BCUT2D eigenvalue weighted by atomic mass is 16.2. The van der Waals surface area contributed by atoms with Gasteiger partial charge >= 0.3 is 0 Å². The Morgan fingerprint density at radius 3 is 2.15 bits per heavy atom. The van der Waals surface area contributed by atoms with Crippen molar-refractivity contribution >= 4 is 17.5 Å². The Hall–Kier alpha value is -2.62. The van der Waals surface area contributed by atoms with Gasteiger partial charge in [0, 0.05) is 23.2 Å². The number of carbonyl (C=O) groups is 2. The van der Waals surface area contributed by atoms with E-state index in [4.69, 9.17) is 0 Å². The number of rotatable bonds is 9. The Balaban J connectivity index is 1.84. The first-order valence-corrected chi connectivity index (χ1v) is 9.79. The van der Waals surface area contributed by atoms with Crippen LogP contribution in [0.2, 0.25) is 0 Å². The van der Waals surface area contributed by atoms with E-state index in [1.54, 1.807) is 24.3 Å². The molecule has 0 aliphatic heterocycles. The standard InChI is InChI=1S/C23H30N2O2/c1-4-19(5-2)22(26)25-21-15-13-20(14-16-21)23(27)24-17(3)11-12-18-9-7-6-8-10-18/h6-10,13-17,19H,4-5,11-12H2,1-3H3,(H,24,27)(H,25,26). The number of anilines is 1. The smallest absolute Gasteiger partial charge is 0.251 e. The van der Waals surface area contributed by atoms with Crippen molar-refractivity contribution in [2.45, 2.75) is 52.5 Å². The second-order valence-electron chi connectivity index (χ2n) is 6.98. The molecule has 2 N–H and O–H groups in total. The number of amides is 2. The van der Waals surface area contributed by atoms with Crippen molar-refractivity contribution < 1.29 is 9.59 Å². The highest BCUT2D eigenvalue weighted by Crippen LogP contribution is 2.14. The van der Waals surface area contributed by atoms with Gasteiger partial charge in [-0.15, -0.1) is 0 Å². The molecule has 2 aromatic carbocycles. The van der Waals surface area contributed by atoms with E-state index in [9.17, 15) is 9.59 Å². The topological polar surface area (TPSA) is 58.2 Å². The molecule has 1 atom stereocenters. The highest BCUT2D eigenvalue weighted by molar-refractivity contribution is 5.96. The molecule has 144 valence electrons. The van der Waals surface area contributed by atoms with Gasteiger partial charge in [-0.1, -0.05) is 44.2 Å². The molecule has 0 radical (unpaired) electrons. The van der Waals surface area contributed by atoms with Gasteiger partial charge < -0.3 is 10.6 Å². The van der Waals surface area contributed by atoms with E-state index in [1.807, 2.05) is 39.0 Å². The quantitative estimate of drug-likeness (QED) is 0.669. The second-order valence-corrected chi connectivity index (χ2v) is 6.98. The van der Waals surface area contributed by atoms with Crippen LogP contribution in [0.1, 0.15) is 56.0 Å². The summed E-state index contributed by atoms with van der Waals surface area (Å²) in [5.74, 6) is -0.0291. The molecule has 0 aliphatic rings. The fourth-order valence-electron chi connectivity index (χ4n) is 3.02. The molecular weight excluding hydrogens is 336 g/mol. The first kappa shape index (κ1) is 20.7. The average Bonchev–Trinajstić information content (AvgIpc) is 2.68. The highest BCUT2D eigenvalue weighted by Gasteiger charge is 2.15. The molecule has 0 heterocycles. The van der Waals surface area contributed by atoms with Crippen molar-refractivity contribution in [2.75, 3.05) is 5.32 Å². The van der Waals surface area contributed by atoms with Gasteiger partial charge in [0.15, 0.2) is 0 Å². The van der Waals surface area contributed by atoms with Gasteiger partial charge in [0.1, 0.15) is 0 Å². The molecule has 0 saturated carbocycles. The van der Waals surface area contributed by atoms with Crippen molar-refractivity contribution in [3.05, 3.63) is 65.7 Å². The molecule has 0 aliphatic carbocycles. The molecule has 0 saturated heterocycles. The van der Waals surface area contributed by atoms with Crippen LogP contribution in [0.15, 0.2) is 54.6 Å². The molecule has 27 heavy (non-hydrogen) atoms. The third kappa shape index (κ3) is 6.55. The van der Waals surface area contributed by atoms with Crippen LogP contribution in [0.4, 0.5) is 5.69 Å². The third-order valence-corrected chi connectivity index (χ3v) is 4.86. The van der Waals surface area contributed by atoms with E-state index in [2.05, 4.69) is 22.8 Å². The van der Waals surface area contributed by atoms with E-state index in [1.165, 1.54) is 5.56 Å². The summed E-state index contributed by atoms with van der Waals surface area (Å²) in [5, 5.41) is 5.96. The number of hydrogen-bond donors (Lipinski definition) is 2. The summed E-state index contributed by atoms with van der Waals surface area (Å²) >= 11 is 0. The van der Waals surface area contributed by atoms with E-state index in [-0.39, 0.29) is 23.8 Å².